The molecule has 5 nitrogen and oxygen atoms in total. The molecule has 3 rings (SSSR count). The molecule has 1 aliphatic heterocycles. The van der Waals surface area contributed by atoms with Crippen LogP contribution in [0.2, 0.25) is 0 Å². The smallest absolute Gasteiger partial charge is 0.336 e. The Morgan fingerprint density at radius 3 is 2.38 bits per heavy atom. The molecule has 170 valence electrons. The van der Waals surface area contributed by atoms with Crippen LogP contribution in [-0.4, -0.2) is 58.7 Å². The number of halogens is 3. The number of alkyl halides is 3. The molecule has 0 radical (unpaired) electrons. The fourth-order valence-corrected chi connectivity index (χ4v) is 3.36. The number of rotatable bonds is 6. The number of allylic oxidation sites excluding steroid dienone is 5. The Bertz CT molecular complexity index is 1010. The second-order valence-corrected chi connectivity index (χ2v) is 7.90. The zero-order chi connectivity index (χ0) is 23.3. The van der Waals surface area contributed by atoms with E-state index in [2.05, 4.69) is 16.6 Å². The normalized spacial score (nSPS) is 15.7. The maximum absolute atomic E-state index is 13.3. The zero-order valence-corrected chi connectivity index (χ0v) is 18.3. The molecule has 1 saturated heterocycles. The zero-order valence-electron chi connectivity index (χ0n) is 18.3. The van der Waals surface area contributed by atoms with Crippen LogP contribution in [0.5, 0.6) is 0 Å². The highest BCUT2D eigenvalue weighted by Gasteiger charge is 2.35. The quantitative estimate of drug-likeness (QED) is 0.610. The van der Waals surface area contributed by atoms with Crippen molar-refractivity contribution in [2.75, 3.05) is 33.2 Å². The highest BCUT2D eigenvalue weighted by atomic mass is 19.4. The summed E-state index contributed by atoms with van der Waals surface area (Å²) >= 11 is 0. The number of carbonyl (C=O) groups excluding carboxylic acids is 1. The fourth-order valence-electron chi connectivity index (χ4n) is 3.36. The second-order valence-electron chi connectivity index (χ2n) is 7.90. The van der Waals surface area contributed by atoms with Gasteiger partial charge in [0.2, 0.25) is 0 Å². The largest absolute Gasteiger partial charge is 0.435 e. The molecule has 0 saturated carbocycles. The first kappa shape index (κ1) is 23.5. The highest BCUT2D eigenvalue weighted by molar-refractivity contribution is 5.94. The first-order chi connectivity index (χ1) is 15.1. The second kappa shape index (κ2) is 9.99. The van der Waals surface area contributed by atoms with Crippen molar-refractivity contribution >= 4 is 5.91 Å². The lowest BCUT2D eigenvalue weighted by atomic mass is 10.1. The van der Waals surface area contributed by atoms with E-state index in [-0.39, 0.29) is 12.5 Å². The van der Waals surface area contributed by atoms with E-state index in [1.165, 1.54) is 4.68 Å². The van der Waals surface area contributed by atoms with Gasteiger partial charge in [0.05, 0.1) is 12.2 Å². The number of benzene rings is 1. The van der Waals surface area contributed by atoms with Crippen LogP contribution in [-0.2, 0) is 12.7 Å². The summed E-state index contributed by atoms with van der Waals surface area (Å²) < 4.78 is 41.1. The molecule has 1 fully saturated rings. The van der Waals surface area contributed by atoms with Gasteiger partial charge in [-0.15, -0.1) is 0 Å². The van der Waals surface area contributed by atoms with Gasteiger partial charge in [-0.3, -0.25) is 9.48 Å². The monoisotopic (exact) mass is 444 g/mol. The molecule has 8 heteroatoms. The van der Waals surface area contributed by atoms with Gasteiger partial charge in [0, 0.05) is 31.7 Å². The lowest BCUT2D eigenvalue weighted by molar-refractivity contribution is -0.141. The third-order valence-electron chi connectivity index (χ3n) is 5.19. The van der Waals surface area contributed by atoms with Crippen LogP contribution in [0.15, 0.2) is 66.8 Å². The molecule has 1 aliphatic rings. The minimum absolute atomic E-state index is 0.0682. The van der Waals surface area contributed by atoms with Gasteiger partial charge in [-0.1, -0.05) is 48.6 Å². The van der Waals surface area contributed by atoms with Crippen LogP contribution >= 0.6 is 0 Å². The van der Waals surface area contributed by atoms with Crippen LogP contribution in [0.1, 0.15) is 23.0 Å². The Kier molecular flexibility index (Phi) is 7.35. The molecule has 32 heavy (non-hydrogen) atoms. The molecule has 0 atom stereocenters. The molecule has 0 bridgehead atoms. The summed E-state index contributed by atoms with van der Waals surface area (Å²) in [5, 5.41) is 3.75. The van der Waals surface area contributed by atoms with Crippen molar-refractivity contribution in [3.63, 3.8) is 0 Å². The van der Waals surface area contributed by atoms with Crippen LogP contribution in [0.3, 0.4) is 0 Å². The Hall–Kier alpha value is -3.13. The predicted octanol–water partition coefficient (Wildman–Crippen LogP) is 4.65. The molecule has 2 aromatic rings. The number of aromatic nitrogens is 2. The number of carbonyl (C=O) groups is 1. The number of hydrogen-bond donors (Lipinski definition) is 0. The lowest BCUT2D eigenvalue weighted by Crippen LogP contribution is -2.47. The van der Waals surface area contributed by atoms with Gasteiger partial charge in [-0.2, -0.15) is 18.3 Å². The predicted molar refractivity (Wildman–Crippen MR) is 119 cm³/mol. The van der Waals surface area contributed by atoms with Gasteiger partial charge in [0.1, 0.15) is 0 Å². The Morgan fingerprint density at radius 1 is 1.12 bits per heavy atom. The molecule has 0 aliphatic carbocycles. The third-order valence-corrected chi connectivity index (χ3v) is 5.19. The van der Waals surface area contributed by atoms with Gasteiger partial charge in [-0.05, 0) is 37.7 Å². The van der Waals surface area contributed by atoms with Gasteiger partial charge in [-0.25, -0.2) is 0 Å². The molecule has 0 N–H and O–H groups in total. The van der Waals surface area contributed by atoms with E-state index < -0.39 is 11.9 Å². The van der Waals surface area contributed by atoms with Gasteiger partial charge in [0.15, 0.2) is 5.69 Å². The first-order valence-corrected chi connectivity index (χ1v) is 10.4. The molecule has 2 heterocycles. The molecular formula is C24H27F3N4O. The van der Waals surface area contributed by atoms with Crippen LogP contribution < -0.4 is 0 Å². The average Bonchev–Trinajstić information content (AvgIpc) is 3.18. The fraction of sp³-hybridized carbons (Fsp3) is 0.333. The maximum Gasteiger partial charge on any atom is 0.435 e. The van der Waals surface area contributed by atoms with E-state index in [1.807, 2.05) is 14.0 Å². The van der Waals surface area contributed by atoms with E-state index >= 15 is 0 Å². The number of amides is 1. The summed E-state index contributed by atoms with van der Waals surface area (Å²) in [5.41, 5.74) is 1.35. The molecule has 1 amide bonds. The first-order valence-electron chi connectivity index (χ1n) is 10.4. The number of hydrogen-bond acceptors (Lipinski definition) is 3. The topological polar surface area (TPSA) is 41.4 Å². The van der Waals surface area contributed by atoms with Crippen molar-refractivity contribution in [2.45, 2.75) is 19.6 Å². The van der Waals surface area contributed by atoms with Crippen molar-refractivity contribution in [1.82, 2.24) is 19.6 Å². The van der Waals surface area contributed by atoms with Crippen LogP contribution in [0, 0.1) is 0 Å². The Balaban J connectivity index is 1.81. The van der Waals surface area contributed by atoms with Crippen molar-refractivity contribution in [3.05, 3.63) is 78.0 Å². The summed E-state index contributed by atoms with van der Waals surface area (Å²) in [5.74, 6) is -0.0682. The van der Waals surface area contributed by atoms with Crippen LogP contribution in [0.4, 0.5) is 13.2 Å². The summed E-state index contributed by atoms with van der Waals surface area (Å²) in [6.07, 6.45) is 2.50. The van der Waals surface area contributed by atoms with E-state index in [9.17, 15) is 18.0 Å². The summed E-state index contributed by atoms with van der Waals surface area (Å²) in [7, 11) is 2.01. The Labute approximate surface area is 186 Å². The minimum atomic E-state index is -4.54. The lowest BCUT2D eigenvalue weighted by Gasteiger charge is -2.32. The number of nitrogens with zero attached hydrogens (tertiary/aromatic N) is 4. The van der Waals surface area contributed by atoms with E-state index in [0.717, 1.165) is 24.7 Å². The maximum atomic E-state index is 13.3. The van der Waals surface area contributed by atoms with Gasteiger partial charge in [0.25, 0.3) is 5.91 Å². The number of likely N-dealkylation sites (N-methyl/N-ethyl adjacent to an activating group) is 1. The molecular weight excluding hydrogens is 417 g/mol. The highest BCUT2D eigenvalue weighted by Crippen LogP contribution is 2.32. The van der Waals surface area contributed by atoms with Crippen molar-refractivity contribution in [1.29, 1.82) is 0 Å². The molecule has 0 unspecified atom stereocenters. The molecule has 1 aromatic heterocycles. The van der Waals surface area contributed by atoms with E-state index in [0.29, 0.717) is 29.9 Å². The summed E-state index contributed by atoms with van der Waals surface area (Å²) in [4.78, 5) is 16.7. The van der Waals surface area contributed by atoms with Crippen molar-refractivity contribution in [3.8, 4) is 11.3 Å². The van der Waals surface area contributed by atoms with E-state index in [4.69, 9.17) is 0 Å². The molecule has 1 aromatic carbocycles. The number of piperazine rings is 1. The average molecular weight is 445 g/mol. The van der Waals surface area contributed by atoms with Gasteiger partial charge >= 0.3 is 6.18 Å². The SMILES string of the molecule is C=C(C)/C=C\C=C/Cn1nc(C(F)(F)F)cc1-c1ccc(C(=O)N2CCN(C)CC2)cc1. The standard InChI is InChI=1S/C24H27F3N4O/c1-18(2)7-5-4-6-12-31-21(17-22(28-31)24(25,26)27)19-8-10-20(11-9-19)23(32)30-15-13-29(3)14-16-30/h4-11,17H,1,12-16H2,2-3H3/b6-4-,7-5-. The Morgan fingerprint density at radius 2 is 1.78 bits per heavy atom. The van der Waals surface area contributed by atoms with Crippen molar-refractivity contribution in [2.24, 2.45) is 0 Å². The van der Waals surface area contributed by atoms with E-state index in [1.54, 1.807) is 53.5 Å². The van der Waals surface area contributed by atoms with Crippen LogP contribution in [0.25, 0.3) is 11.3 Å². The van der Waals surface area contributed by atoms with Gasteiger partial charge < -0.3 is 9.80 Å². The van der Waals surface area contributed by atoms with Crippen molar-refractivity contribution < 1.29 is 18.0 Å². The molecule has 0 spiro atoms. The minimum Gasteiger partial charge on any atom is -0.336 e. The third kappa shape index (κ3) is 5.97. The summed E-state index contributed by atoms with van der Waals surface area (Å²) in [6, 6.07) is 7.69. The summed E-state index contributed by atoms with van der Waals surface area (Å²) in [6.45, 7) is 8.73.